The molecule has 2 aromatic rings. The highest BCUT2D eigenvalue weighted by molar-refractivity contribution is 5.94. The number of nitrogens with zero attached hydrogens (tertiary/aromatic N) is 1. The molecule has 3 rings (SSSR count). The van der Waals surface area contributed by atoms with E-state index in [1.807, 2.05) is 12.1 Å². The first-order valence-corrected chi connectivity index (χ1v) is 7.88. The molecule has 132 valence electrons. The van der Waals surface area contributed by atoms with Crippen molar-refractivity contribution in [3.63, 3.8) is 0 Å². The average Bonchev–Trinajstić information content (AvgIpc) is 3.02. The molecule has 1 aromatic heterocycles. The van der Waals surface area contributed by atoms with Crippen LogP contribution in [0.5, 0.6) is 0 Å². The molecule has 0 saturated carbocycles. The fourth-order valence-electron chi connectivity index (χ4n) is 2.87. The Bertz CT molecular complexity index is 735. The summed E-state index contributed by atoms with van der Waals surface area (Å²) in [6, 6.07) is 7.96. The second-order valence-electron chi connectivity index (χ2n) is 6.02. The molecule has 1 aliphatic rings. The monoisotopic (exact) mass is 350 g/mol. The lowest BCUT2D eigenvalue weighted by Crippen LogP contribution is -2.40. The highest BCUT2D eigenvalue weighted by atomic mass is 19.4. The summed E-state index contributed by atoms with van der Waals surface area (Å²) in [5.41, 5.74) is 0.226. The molecule has 0 bridgehead atoms. The van der Waals surface area contributed by atoms with Crippen LogP contribution >= 0.6 is 0 Å². The summed E-state index contributed by atoms with van der Waals surface area (Å²) in [6.07, 6.45) is -0.380. The van der Waals surface area contributed by atoms with E-state index in [4.69, 9.17) is 4.74 Å². The van der Waals surface area contributed by atoms with Gasteiger partial charge < -0.3 is 10.1 Å². The first kappa shape index (κ1) is 17.4. The molecule has 1 fully saturated rings. The zero-order chi connectivity index (χ0) is 17.9. The molecule has 0 spiro atoms. The third-order valence-corrected chi connectivity index (χ3v) is 4.21. The number of aromatic nitrogens is 1. The summed E-state index contributed by atoms with van der Waals surface area (Å²) >= 11 is 0. The second kappa shape index (κ2) is 7.23. The largest absolute Gasteiger partial charge is 0.416 e. The Kier molecular flexibility index (Phi) is 5.03. The van der Waals surface area contributed by atoms with Crippen molar-refractivity contribution in [3.05, 3.63) is 65.5 Å². The molecular weight excluding hydrogens is 333 g/mol. The third-order valence-electron chi connectivity index (χ3n) is 4.21. The number of ether oxygens (including phenoxy) is 1. The first-order valence-electron chi connectivity index (χ1n) is 7.88. The van der Waals surface area contributed by atoms with Crippen LogP contribution in [0.1, 0.15) is 21.5 Å². The van der Waals surface area contributed by atoms with E-state index in [-0.39, 0.29) is 17.5 Å². The van der Waals surface area contributed by atoms with Crippen molar-refractivity contribution in [1.29, 1.82) is 0 Å². The average molecular weight is 350 g/mol. The minimum absolute atomic E-state index is 0.00983. The number of hydrogen-bond acceptors (Lipinski definition) is 3. The van der Waals surface area contributed by atoms with Crippen LogP contribution in [0.15, 0.2) is 48.8 Å². The topological polar surface area (TPSA) is 51.2 Å². The van der Waals surface area contributed by atoms with Gasteiger partial charge >= 0.3 is 6.18 Å². The van der Waals surface area contributed by atoms with Crippen LogP contribution in [0, 0.1) is 5.92 Å². The van der Waals surface area contributed by atoms with Gasteiger partial charge in [-0.1, -0.05) is 6.07 Å². The number of hydrogen-bond donors (Lipinski definition) is 1. The number of rotatable bonds is 4. The van der Waals surface area contributed by atoms with Gasteiger partial charge in [-0.2, -0.15) is 13.2 Å². The Balaban J connectivity index is 1.68. The van der Waals surface area contributed by atoms with E-state index in [0.717, 1.165) is 17.7 Å². The van der Waals surface area contributed by atoms with Crippen molar-refractivity contribution >= 4 is 5.91 Å². The molecular formula is C18H17F3N2O2. The first-order chi connectivity index (χ1) is 11.9. The van der Waals surface area contributed by atoms with Crippen LogP contribution in [0.4, 0.5) is 13.2 Å². The summed E-state index contributed by atoms with van der Waals surface area (Å²) in [7, 11) is 0. The van der Waals surface area contributed by atoms with Gasteiger partial charge in [0.15, 0.2) is 0 Å². The van der Waals surface area contributed by atoms with E-state index < -0.39 is 17.6 Å². The Hall–Kier alpha value is -2.41. The van der Waals surface area contributed by atoms with Crippen molar-refractivity contribution in [2.75, 3.05) is 13.2 Å². The number of alkyl halides is 3. The lowest BCUT2D eigenvalue weighted by atomic mass is 9.95. The minimum Gasteiger partial charge on any atom is -0.379 e. The van der Waals surface area contributed by atoms with Gasteiger partial charge in [-0.05, 0) is 42.3 Å². The molecule has 2 heterocycles. The summed E-state index contributed by atoms with van der Waals surface area (Å²) in [4.78, 5) is 16.3. The van der Waals surface area contributed by atoms with Crippen LogP contribution in [0.25, 0.3) is 0 Å². The minimum atomic E-state index is -4.48. The van der Waals surface area contributed by atoms with Gasteiger partial charge in [0.1, 0.15) is 0 Å². The van der Waals surface area contributed by atoms with Crippen LogP contribution in [0.2, 0.25) is 0 Å². The maximum absolute atomic E-state index is 12.8. The van der Waals surface area contributed by atoms with Crippen molar-refractivity contribution in [2.45, 2.75) is 18.6 Å². The lowest BCUT2D eigenvalue weighted by molar-refractivity contribution is -0.137. The number of carbonyl (C=O) groups excluding carboxylic acids is 1. The van der Waals surface area contributed by atoms with E-state index >= 15 is 0 Å². The maximum atomic E-state index is 12.8. The molecule has 1 saturated heterocycles. The van der Waals surface area contributed by atoms with Crippen molar-refractivity contribution in [1.82, 2.24) is 10.3 Å². The fourth-order valence-corrected chi connectivity index (χ4v) is 2.87. The molecule has 1 aliphatic heterocycles. The van der Waals surface area contributed by atoms with E-state index in [0.29, 0.717) is 19.6 Å². The van der Waals surface area contributed by atoms with Crippen LogP contribution in [-0.2, 0) is 17.3 Å². The van der Waals surface area contributed by atoms with Crippen molar-refractivity contribution in [2.24, 2.45) is 5.92 Å². The molecule has 2 atom stereocenters. The number of halogens is 3. The number of carbonyl (C=O) groups is 1. The molecule has 0 radical (unpaired) electrons. The number of amides is 1. The lowest BCUT2D eigenvalue weighted by Gasteiger charge is -2.19. The van der Waals surface area contributed by atoms with Gasteiger partial charge in [0.2, 0.25) is 0 Å². The van der Waals surface area contributed by atoms with E-state index in [2.05, 4.69) is 10.3 Å². The van der Waals surface area contributed by atoms with Gasteiger partial charge in [0, 0.05) is 23.9 Å². The highest BCUT2D eigenvalue weighted by Crippen LogP contribution is 2.29. The van der Waals surface area contributed by atoms with Crippen LogP contribution in [0.3, 0.4) is 0 Å². The summed E-state index contributed by atoms with van der Waals surface area (Å²) < 4.78 is 43.8. The van der Waals surface area contributed by atoms with Crippen LogP contribution < -0.4 is 5.32 Å². The molecule has 4 nitrogen and oxygen atoms in total. The van der Waals surface area contributed by atoms with E-state index in [1.54, 1.807) is 12.4 Å². The Labute approximate surface area is 143 Å². The zero-order valence-electron chi connectivity index (χ0n) is 13.3. The molecule has 1 N–H and O–H groups in total. The Morgan fingerprint density at radius 1 is 1.20 bits per heavy atom. The van der Waals surface area contributed by atoms with Gasteiger partial charge in [0.25, 0.3) is 5.91 Å². The SMILES string of the molecule is O=C(NC1COCC1Cc1ccncc1)c1cccc(C(F)(F)F)c1. The maximum Gasteiger partial charge on any atom is 0.416 e. The molecule has 1 amide bonds. The predicted octanol–water partition coefficient (Wildman–Crippen LogP) is 3.09. The molecule has 7 heteroatoms. The summed E-state index contributed by atoms with van der Waals surface area (Å²) in [6.45, 7) is 0.844. The zero-order valence-corrected chi connectivity index (χ0v) is 13.3. The van der Waals surface area contributed by atoms with Gasteiger partial charge in [-0.15, -0.1) is 0 Å². The van der Waals surface area contributed by atoms with E-state index in [1.165, 1.54) is 12.1 Å². The molecule has 25 heavy (non-hydrogen) atoms. The Morgan fingerprint density at radius 3 is 2.68 bits per heavy atom. The van der Waals surface area contributed by atoms with Gasteiger partial charge in [0.05, 0.1) is 24.8 Å². The fraction of sp³-hybridized carbons (Fsp3) is 0.333. The number of pyridine rings is 1. The van der Waals surface area contributed by atoms with E-state index in [9.17, 15) is 18.0 Å². The highest BCUT2D eigenvalue weighted by Gasteiger charge is 2.32. The summed E-state index contributed by atoms with van der Waals surface area (Å²) in [5.74, 6) is -0.460. The predicted molar refractivity (Wildman–Crippen MR) is 84.9 cm³/mol. The van der Waals surface area contributed by atoms with Crippen LogP contribution in [-0.4, -0.2) is 30.1 Å². The van der Waals surface area contributed by atoms with Crippen molar-refractivity contribution < 1.29 is 22.7 Å². The molecule has 0 aliphatic carbocycles. The third kappa shape index (κ3) is 4.36. The summed E-state index contributed by atoms with van der Waals surface area (Å²) in [5, 5.41) is 2.80. The quantitative estimate of drug-likeness (QED) is 0.922. The van der Waals surface area contributed by atoms with Crippen molar-refractivity contribution in [3.8, 4) is 0 Å². The number of nitrogens with one attached hydrogen (secondary N) is 1. The van der Waals surface area contributed by atoms with Gasteiger partial charge in [-0.3, -0.25) is 9.78 Å². The smallest absolute Gasteiger partial charge is 0.379 e. The number of benzene rings is 1. The standard InChI is InChI=1S/C18H17F3N2O2/c19-18(20,21)15-3-1-2-13(9-15)17(24)23-16-11-25-10-14(16)8-12-4-6-22-7-5-12/h1-7,9,14,16H,8,10-11H2,(H,23,24). The Morgan fingerprint density at radius 2 is 1.96 bits per heavy atom. The normalized spacial score (nSPS) is 20.4. The van der Waals surface area contributed by atoms with Gasteiger partial charge in [-0.25, -0.2) is 0 Å². The second-order valence-corrected chi connectivity index (χ2v) is 6.02. The molecule has 1 aromatic carbocycles. The molecule has 2 unspecified atom stereocenters.